The van der Waals surface area contributed by atoms with Gasteiger partial charge in [-0.15, -0.1) is 0 Å². The number of amides is 2. The standard InChI is InChI=1S/C27H28N8O.C26H25N7O2/c1-3-24(36)30-19-7-4-6-18(16-19)21-8-5-9-22-25(21)32-27(33-26(22)28)31-20-10-11-23(29-17-20)35-14-12-34(2)13-15-35;1-2-23(34)29-18-6-3-5-17(15-18)20-7-4-8-21-24(20)31-26(32-25(21)27)30-19-9-10-22(28-16-19)33-11-13-35-14-12-33/h3-11,16-17H,1,12-15H2,2H3,(H,30,36)(H3,28,31,32,33);2-10,15-16H,1,11-14H2,(H,29,34)(H3,27,30,31,32). The predicted molar refractivity (Wildman–Crippen MR) is 284 cm³/mol. The summed E-state index contributed by atoms with van der Waals surface area (Å²) in [6.07, 6.45) is 6.02. The van der Waals surface area contributed by atoms with E-state index in [1.807, 2.05) is 109 Å². The van der Waals surface area contributed by atoms with Gasteiger partial charge in [-0.3, -0.25) is 9.59 Å². The van der Waals surface area contributed by atoms with Crippen molar-refractivity contribution in [2.75, 3.05) is 102 Å². The number of piperazine rings is 1. The van der Waals surface area contributed by atoms with Crippen LogP contribution in [0.1, 0.15) is 0 Å². The second-order valence-electron chi connectivity index (χ2n) is 16.8. The fourth-order valence-electron chi connectivity index (χ4n) is 8.23. The molecule has 8 N–H and O–H groups in total. The third kappa shape index (κ3) is 11.3. The Kier molecular flexibility index (Phi) is 14.3. The maximum atomic E-state index is 11.7. The van der Waals surface area contributed by atoms with Crippen LogP contribution in [0.2, 0.25) is 0 Å². The van der Waals surface area contributed by atoms with Crippen LogP contribution >= 0.6 is 0 Å². The first-order valence-electron chi connectivity index (χ1n) is 23.0. The van der Waals surface area contributed by atoms with Gasteiger partial charge in [-0.1, -0.05) is 61.7 Å². The van der Waals surface area contributed by atoms with Crippen molar-refractivity contribution < 1.29 is 14.3 Å². The molecule has 71 heavy (non-hydrogen) atoms. The highest BCUT2D eigenvalue weighted by atomic mass is 16.5. The number of nitrogens with zero attached hydrogens (tertiary/aromatic N) is 9. The molecule has 18 heteroatoms. The van der Waals surface area contributed by atoms with Crippen LogP contribution in [-0.2, 0) is 14.3 Å². The number of hydrogen-bond donors (Lipinski definition) is 6. The van der Waals surface area contributed by atoms with Crippen molar-refractivity contribution in [2.24, 2.45) is 0 Å². The van der Waals surface area contributed by atoms with Crippen LogP contribution in [-0.4, -0.2) is 106 Å². The van der Waals surface area contributed by atoms with Crippen LogP contribution in [0.25, 0.3) is 44.1 Å². The van der Waals surface area contributed by atoms with E-state index < -0.39 is 0 Å². The molecule has 0 spiro atoms. The largest absolute Gasteiger partial charge is 0.383 e. The van der Waals surface area contributed by atoms with Gasteiger partial charge in [-0.05, 0) is 91.0 Å². The van der Waals surface area contributed by atoms with Crippen molar-refractivity contribution in [1.29, 1.82) is 0 Å². The molecule has 2 aliphatic rings. The molecule has 6 heterocycles. The lowest BCUT2D eigenvalue weighted by Gasteiger charge is -2.33. The van der Waals surface area contributed by atoms with Gasteiger partial charge in [0.15, 0.2) is 0 Å². The summed E-state index contributed by atoms with van der Waals surface area (Å²) in [6, 6.07) is 34.5. The molecule has 358 valence electrons. The van der Waals surface area contributed by atoms with Gasteiger partial charge in [-0.25, -0.2) is 19.9 Å². The third-order valence-electron chi connectivity index (χ3n) is 11.9. The van der Waals surface area contributed by atoms with Crippen LogP contribution in [0.3, 0.4) is 0 Å². The lowest BCUT2D eigenvalue weighted by atomic mass is 10.0. The number of anilines is 10. The molecule has 0 bridgehead atoms. The van der Waals surface area contributed by atoms with Crippen molar-refractivity contribution in [2.45, 2.75) is 0 Å². The molecule has 2 fully saturated rings. The summed E-state index contributed by atoms with van der Waals surface area (Å²) >= 11 is 0. The number of likely N-dealkylation sites (N-methyl/N-ethyl adjacent to an activating group) is 1. The van der Waals surface area contributed by atoms with E-state index in [-0.39, 0.29) is 11.8 Å². The topological polar surface area (TPSA) is 231 Å². The fourth-order valence-corrected chi connectivity index (χ4v) is 8.23. The summed E-state index contributed by atoms with van der Waals surface area (Å²) < 4.78 is 5.41. The number of carbonyl (C=O) groups excluding carboxylic acids is 2. The summed E-state index contributed by atoms with van der Waals surface area (Å²) in [5.41, 5.74) is 20.4. The number of carbonyl (C=O) groups is 2. The number of aromatic nitrogens is 6. The average molecular weight is 948 g/mol. The minimum absolute atomic E-state index is 0.268. The van der Waals surface area contributed by atoms with Gasteiger partial charge in [-0.2, -0.15) is 9.97 Å². The van der Waals surface area contributed by atoms with E-state index in [9.17, 15) is 9.59 Å². The normalized spacial score (nSPS) is 13.7. The number of nitrogens with one attached hydrogen (secondary N) is 4. The summed E-state index contributed by atoms with van der Waals surface area (Å²) in [7, 11) is 2.13. The zero-order chi connectivity index (χ0) is 49.3. The molecule has 0 atom stereocenters. The Labute approximate surface area is 410 Å². The fraction of sp³-hybridized carbons (Fsp3) is 0.170. The Balaban J connectivity index is 0.000000176. The van der Waals surface area contributed by atoms with Crippen molar-refractivity contribution in [3.63, 3.8) is 0 Å². The SMILES string of the molecule is C=CC(=O)Nc1cccc(-c2cccc3c(N)nc(Nc4ccc(N5CCN(C)CC5)nc4)nc23)c1.C=CC(=O)Nc1cccc(-c2cccc3c(N)nc(Nc4ccc(N5CCOCC5)nc4)nc23)c1. The number of fused-ring (bicyclic) bond motifs is 2. The van der Waals surface area contributed by atoms with E-state index in [4.69, 9.17) is 26.2 Å². The van der Waals surface area contributed by atoms with E-state index in [2.05, 4.69) is 76.1 Å². The Morgan fingerprint density at radius 3 is 1.45 bits per heavy atom. The monoisotopic (exact) mass is 947 g/mol. The highest BCUT2D eigenvalue weighted by molar-refractivity contribution is 6.03. The number of benzene rings is 4. The molecule has 4 aromatic heterocycles. The maximum absolute atomic E-state index is 11.7. The van der Waals surface area contributed by atoms with Gasteiger partial charge < -0.3 is 52.2 Å². The van der Waals surface area contributed by atoms with Gasteiger partial charge in [0.1, 0.15) is 23.3 Å². The van der Waals surface area contributed by atoms with Gasteiger partial charge in [0.25, 0.3) is 0 Å². The molecule has 8 aromatic rings. The highest BCUT2D eigenvalue weighted by Gasteiger charge is 2.18. The molecule has 2 amide bonds. The van der Waals surface area contributed by atoms with Crippen LogP contribution in [0.5, 0.6) is 0 Å². The van der Waals surface area contributed by atoms with Gasteiger partial charge >= 0.3 is 0 Å². The predicted octanol–water partition coefficient (Wildman–Crippen LogP) is 7.87. The number of rotatable bonds is 12. The molecule has 2 aliphatic heterocycles. The highest BCUT2D eigenvalue weighted by Crippen LogP contribution is 2.34. The average Bonchev–Trinajstić information content (AvgIpc) is 3.39. The second kappa shape index (κ2) is 21.5. The summed E-state index contributed by atoms with van der Waals surface area (Å²) in [5.74, 6) is 2.83. The molecular weight excluding hydrogens is 895 g/mol. The second-order valence-corrected chi connectivity index (χ2v) is 16.8. The molecule has 2 saturated heterocycles. The molecule has 0 saturated carbocycles. The molecular formula is C53H53N15O3. The lowest BCUT2D eigenvalue weighted by Crippen LogP contribution is -2.44. The Morgan fingerprint density at radius 2 is 1.01 bits per heavy atom. The van der Waals surface area contributed by atoms with Crippen molar-refractivity contribution >= 4 is 91.5 Å². The zero-order valence-electron chi connectivity index (χ0n) is 39.2. The number of hydrogen-bond acceptors (Lipinski definition) is 16. The van der Waals surface area contributed by atoms with E-state index in [1.54, 1.807) is 12.4 Å². The number of nitrogens with two attached hydrogens (primary N) is 2. The van der Waals surface area contributed by atoms with Crippen LogP contribution in [0.15, 0.2) is 147 Å². The quantitative estimate of drug-likeness (QED) is 0.0640. The smallest absolute Gasteiger partial charge is 0.247 e. The zero-order valence-corrected chi connectivity index (χ0v) is 39.2. The molecule has 10 rings (SSSR count). The lowest BCUT2D eigenvalue weighted by molar-refractivity contribution is -0.112. The summed E-state index contributed by atoms with van der Waals surface area (Å²) in [4.78, 5) is 57.9. The van der Waals surface area contributed by atoms with Gasteiger partial charge in [0.05, 0.1) is 48.0 Å². The number of pyridine rings is 2. The number of para-hydroxylation sites is 2. The van der Waals surface area contributed by atoms with Gasteiger partial charge in [0, 0.05) is 72.5 Å². The molecule has 18 nitrogen and oxygen atoms in total. The van der Waals surface area contributed by atoms with E-state index >= 15 is 0 Å². The van der Waals surface area contributed by atoms with Crippen molar-refractivity contribution in [3.05, 3.63) is 147 Å². The first kappa shape index (κ1) is 47.1. The Hall–Kier alpha value is -9.00. The van der Waals surface area contributed by atoms with E-state index in [0.29, 0.717) is 59.2 Å². The van der Waals surface area contributed by atoms with Crippen LogP contribution in [0.4, 0.5) is 57.9 Å². The molecule has 0 radical (unpaired) electrons. The first-order chi connectivity index (χ1) is 34.6. The summed E-state index contributed by atoms with van der Waals surface area (Å²) in [6.45, 7) is 14.0. The minimum Gasteiger partial charge on any atom is -0.383 e. The first-order valence-corrected chi connectivity index (χ1v) is 23.0. The number of ether oxygens (including phenoxy) is 1. The minimum atomic E-state index is -0.272. The number of nitrogen functional groups attached to an aromatic ring is 2. The maximum Gasteiger partial charge on any atom is 0.247 e. The molecule has 4 aromatic carbocycles. The van der Waals surface area contributed by atoms with Crippen molar-refractivity contribution in [3.8, 4) is 22.3 Å². The third-order valence-corrected chi connectivity index (χ3v) is 11.9. The molecule has 0 unspecified atom stereocenters. The van der Waals surface area contributed by atoms with Crippen molar-refractivity contribution in [1.82, 2.24) is 34.8 Å². The van der Waals surface area contributed by atoms with E-state index in [0.717, 1.165) is 95.3 Å². The van der Waals surface area contributed by atoms with Crippen LogP contribution in [0, 0.1) is 0 Å². The van der Waals surface area contributed by atoms with Crippen LogP contribution < -0.4 is 42.5 Å². The Morgan fingerprint density at radius 1 is 0.563 bits per heavy atom. The van der Waals surface area contributed by atoms with Gasteiger partial charge in [0.2, 0.25) is 23.7 Å². The van der Waals surface area contributed by atoms with E-state index in [1.165, 1.54) is 12.2 Å². The summed E-state index contributed by atoms with van der Waals surface area (Å²) in [5, 5.41) is 13.5. The molecule has 0 aliphatic carbocycles. The number of morpholine rings is 1. The Bertz CT molecular complexity index is 3230.